The summed E-state index contributed by atoms with van der Waals surface area (Å²) in [7, 11) is -3.67. The first-order chi connectivity index (χ1) is 15.9. The predicted molar refractivity (Wildman–Crippen MR) is 124 cm³/mol. The van der Waals surface area contributed by atoms with Crippen molar-refractivity contribution < 1.29 is 13.2 Å². The monoisotopic (exact) mass is 491 g/mol. The summed E-state index contributed by atoms with van der Waals surface area (Å²) in [6, 6.07) is 7.60. The van der Waals surface area contributed by atoms with E-state index < -0.39 is 10.0 Å². The Morgan fingerprint density at radius 3 is 2.58 bits per heavy atom. The van der Waals surface area contributed by atoms with E-state index in [-0.39, 0.29) is 34.6 Å². The Bertz CT molecular complexity index is 1180. The van der Waals surface area contributed by atoms with Gasteiger partial charge >= 0.3 is 0 Å². The molecule has 1 aromatic carbocycles. The molecule has 1 atom stereocenters. The van der Waals surface area contributed by atoms with Gasteiger partial charge in [0.25, 0.3) is 5.56 Å². The van der Waals surface area contributed by atoms with Crippen LogP contribution in [-0.4, -0.2) is 55.4 Å². The molecule has 0 aliphatic carbocycles. The molecule has 2 fully saturated rings. The van der Waals surface area contributed by atoms with Gasteiger partial charge in [0.2, 0.25) is 10.0 Å². The maximum Gasteiger partial charge on any atom is 0.287 e. The van der Waals surface area contributed by atoms with Crippen LogP contribution in [-0.2, 0) is 14.8 Å². The maximum atomic E-state index is 12.9. The molecular formula is C22H26ClN5O4S. The number of sulfonamides is 1. The Labute approximate surface area is 198 Å². The Hall–Kier alpha value is -2.45. The van der Waals surface area contributed by atoms with Crippen molar-refractivity contribution >= 4 is 27.3 Å². The molecule has 3 heterocycles. The molecule has 2 aliphatic heterocycles. The normalized spacial score (nSPS) is 20.3. The molecule has 4 rings (SSSR count). The van der Waals surface area contributed by atoms with Gasteiger partial charge in [-0.15, -0.1) is 0 Å². The first-order valence-electron chi connectivity index (χ1n) is 11.0. The Balaban J connectivity index is 1.40. The van der Waals surface area contributed by atoms with Gasteiger partial charge in [-0.25, -0.2) is 13.1 Å². The van der Waals surface area contributed by atoms with E-state index >= 15 is 0 Å². The minimum atomic E-state index is -3.67. The largest absolute Gasteiger partial charge is 0.382 e. The van der Waals surface area contributed by atoms with Gasteiger partial charge in [-0.3, -0.25) is 4.79 Å². The molecule has 0 bridgehead atoms. The molecule has 1 aromatic heterocycles. The molecule has 2 aliphatic rings. The van der Waals surface area contributed by atoms with E-state index in [0.717, 1.165) is 19.4 Å². The summed E-state index contributed by atoms with van der Waals surface area (Å²) >= 11 is 6.35. The van der Waals surface area contributed by atoms with Crippen LogP contribution in [0.2, 0.25) is 5.02 Å². The zero-order chi connectivity index (χ0) is 23.4. The molecule has 9 nitrogen and oxygen atoms in total. The fourth-order valence-electron chi connectivity index (χ4n) is 4.23. The molecule has 0 amide bonds. The van der Waals surface area contributed by atoms with Gasteiger partial charge in [0, 0.05) is 26.2 Å². The van der Waals surface area contributed by atoms with Crippen molar-refractivity contribution in [3.63, 3.8) is 0 Å². The third-order valence-corrected chi connectivity index (χ3v) is 8.45. The van der Waals surface area contributed by atoms with Gasteiger partial charge in [0.1, 0.15) is 5.02 Å². The molecule has 0 spiro atoms. The fourth-order valence-corrected chi connectivity index (χ4v) is 5.90. The lowest BCUT2D eigenvalue weighted by Gasteiger charge is -2.31. The number of hydrogen-bond acceptors (Lipinski definition) is 7. The molecule has 0 saturated carbocycles. The third kappa shape index (κ3) is 5.22. The molecular weight excluding hydrogens is 466 g/mol. The average Bonchev–Trinajstić information content (AvgIpc) is 2.86. The highest BCUT2D eigenvalue weighted by atomic mass is 35.5. The highest BCUT2D eigenvalue weighted by Crippen LogP contribution is 2.27. The van der Waals surface area contributed by atoms with Gasteiger partial charge < -0.3 is 10.1 Å². The summed E-state index contributed by atoms with van der Waals surface area (Å²) < 4.78 is 34.1. The zero-order valence-corrected chi connectivity index (χ0v) is 19.7. The van der Waals surface area contributed by atoms with Crippen LogP contribution in [0.4, 0.5) is 5.69 Å². The van der Waals surface area contributed by atoms with E-state index in [0.29, 0.717) is 43.2 Å². The molecule has 0 unspecified atom stereocenters. The van der Waals surface area contributed by atoms with Crippen molar-refractivity contribution in [1.82, 2.24) is 14.1 Å². The Morgan fingerprint density at radius 2 is 1.94 bits per heavy atom. The number of ether oxygens (including phenoxy) is 1. The molecule has 1 N–H and O–H groups in total. The number of nitrogens with one attached hydrogen (secondary N) is 1. The third-order valence-electron chi connectivity index (χ3n) is 6.17. The fraction of sp³-hybridized carbons (Fsp3) is 0.500. The Kier molecular flexibility index (Phi) is 7.34. The summed E-state index contributed by atoms with van der Waals surface area (Å²) in [4.78, 5) is 13.0. The van der Waals surface area contributed by atoms with Gasteiger partial charge in [0.05, 0.1) is 41.1 Å². The van der Waals surface area contributed by atoms with Crippen LogP contribution in [0.15, 0.2) is 40.2 Å². The van der Waals surface area contributed by atoms with Gasteiger partial charge in [-0.1, -0.05) is 11.6 Å². The van der Waals surface area contributed by atoms with Gasteiger partial charge in [-0.2, -0.15) is 14.7 Å². The summed E-state index contributed by atoms with van der Waals surface area (Å²) in [6.07, 6.45) is 4.56. The number of benzene rings is 1. The number of hydrogen-bond donors (Lipinski definition) is 1. The first kappa shape index (κ1) is 23.7. The van der Waals surface area contributed by atoms with E-state index in [1.54, 1.807) is 6.20 Å². The molecule has 33 heavy (non-hydrogen) atoms. The SMILES string of the molecule is N#Cc1ccc(S(=O)(=O)N2CCC(n3ncc(NC[C@@H]4CCCOC4)c(Cl)c3=O)CC2)cc1. The van der Waals surface area contributed by atoms with Crippen molar-refractivity contribution in [3.05, 3.63) is 51.4 Å². The second-order valence-corrected chi connectivity index (χ2v) is 10.7. The number of anilines is 1. The van der Waals surface area contributed by atoms with Crippen molar-refractivity contribution in [2.75, 3.05) is 38.2 Å². The number of piperidine rings is 1. The molecule has 2 aromatic rings. The summed E-state index contributed by atoms with van der Waals surface area (Å²) in [5.74, 6) is 0.375. The molecule has 0 radical (unpaired) electrons. The first-order valence-corrected chi connectivity index (χ1v) is 12.8. The number of aromatic nitrogens is 2. The van der Waals surface area contributed by atoms with E-state index in [9.17, 15) is 13.2 Å². The minimum Gasteiger partial charge on any atom is -0.382 e. The van der Waals surface area contributed by atoms with E-state index in [2.05, 4.69) is 10.4 Å². The minimum absolute atomic E-state index is 0.0920. The van der Waals surface area contributed by atoms with Crippen LogP contribution in [0.1, 0.15) is 37.3 Å². The number of nitriles is 1. The lowest BCUT2D eigenvalue weighted by molar-refractivity contribution is 0.0595. The van der Waals surface area contributed by atoms with Crippen LogP contribution < -0.4 is 10.9 Å². The number of nitrogens with zero attached hydrogens (tertiary/aromatic N) is 4. The molecule has 2 saturated heterocycles. The lowest BCUT2D eigenvalue weighted by atomic mass is 10.0. The molecule has 11 heteroatoms. The Morgan fingerprint density at radius 1 is 1.21 bits per heavy atom. The smallest absolute Gasteiger partial charge is 0.287 e. The summed E-state index contributed by atoms with van der Waals surface area (Å²) in [5.41, 5.74) is 0.527. The summed E-state index contributed by atoms with van der Waals surface area (Å²) in [6.45, 7) is 2.68. The number of rotatable bonds is 6. The number of halogens is 1. The standard InChI is InChI=1S/C22H26ClN5O4S/c23-21-20(25-13-17-2-1-11-32-15-17)14-26-28(22(21)29)18-7-9-27(10-8-18)33(30,31)19-5-3-16(12-24)4-6-19/h3-6,14,17-18,25H,1-2,7-11,13,15H2/t17-/m0/s1. The highest BCUT2D eigenvalue weighted by Gasteiger charge is 2.31. The van der Waals surface area contributed by atoms with Crippen molar-refractivity contribution in [3.8, 4) is 6.07 Å². The van der Waals surface area contributed by atoms with E-state index in [1.165, 1.54) is 33.3 Å². The predicted octanol–water partition coefficient (Wildman–Crippen LogP) is 2.63. The second kappa shape index (κ2) is 10.2. The second-order valence-electron chi connectivity index (χ2n) is 8.36. The zero-order valence-electron chi connectivity index (χ0n) is 18.1. The van der Waals surface area contributed by atoms with Crippen molar-refractivity contribution in [2.45, 2.75) is 36.6 Å². The van der Waals surface area contributed by atoms with Crippen LogP contribution >= 0.6 is 11.6 Å². The lowest BCUT2D eigenvalue weighted by Crippen LogP contribution is -2.41. The van der Waals surface area contributed by atoms with Gasteiger partial charge in [0.15, 0.2) is 0 Å². The van der Waals surface area contributed by atoms with Crippen molar-refractivity contribution in [1.29, 1.82) is 5.26 Å². The quantitative estimate of drug-likeness (QED) is 0.659. The topological polar surface area (TPSA) is 117 Å². The maximum absolute atomic E-state index is 12.9. The highest BCUT2D eigenvalue weighted by molar-refractivity contribution is 7.89. The van der Waals surface area contributed by atoms with Crippen LogP contribution in [0.3, 0.4) is 0 Å². The average molecular weight is 492 g/mol. The van der Waals surface area contributed by atoms with Crippen molar-refractivity contribution in [2.24, 2.45) is 5.92 Å². The molecule has 176 valence electrons. The van der Waals surface area contributed by atoms with Crippen LogP contribution in [0.25, 0.3) is 0 Å². The van der Waals surface area contributed by atoms with Crippen LogP contribution in [0, 0.1) is 17.2 Å². The van der Waals surface area contributed by atoms with E-state index in [1.807, 2.05) is 6.07 Å². The van der Waals surface area contributed by atoms with E-state index in [4.69, 9.17) is 21.6 Å². The summed E-state index contributed by atoms with van der Waals surface area (Å²) in [5, 5.41) is 16.5. The van der Waals surface area contributed by atoms with Gasteiger partial charge in [-0.05, 0) is 55.9 Å². The van der Waals surface area contributed by atoms with Crippen LogP contribution in [0.5, 0.6) is 0 Å².